The highest BCUT2D eigenvalue weighted by Gasteiger charge is 2.27. The molecule has 32 heavy (non-hydrogen) atoms. The molecule has 2 aromatic carbocycles. The van der Waals surface area contributed by atoms with Gasteiger partial charge in [-0.1, -0.05) is 68.3 Å². The average Bonchev–Trinajstić information content (AvgIpc) is 2.83. The zero-order chi connectivity index (χ0) is 22.5. The van der Waals surface area contributed by atoms with Crippen molar-refractivity contribution in [2.24, 2.45) is 0 Å². The number of benzene rings is 2. The van der Waals surface area contributed by atoms with Crippen LogP contribution in [0.15, 0.2) is 42.5 Å². The number of carbonyl (C=O) groups excluding carboxylic acids is 1. The van der Waals surface area contributed by atoms with Crippen LogP contribution in [0.4, 0.5) is 0 Å². The molecular weight excluding hydrogens is 394 g/mol. The van der Waals surface area contributed by atoms with Crippen LogP contribution in [-0.4, -0.2) is 65.9 Å². The van der Waals surface area contributed by atoms with Crippen LogP contribution < -0.4 is 0 Å². The van der Waals surface area contributed by atoms with Gasteiger partial charge in [-0.25, -0.2) is 0 Å². The quantitative estimate of drug-likeness (QED) is 0.631. The molecule has 0 radical (unpaired) electrons. The van der Waals surface area contributed by atoms with Crippen LogP contribution >= 0.6 is 0 Å². The first kappa shape index (κ1) is 23.0. The van der Waals surface area contributed by atoms with E-state index in [9.17, 15) is 4.79 Å². The molecule has 2 aliphatic rings. The summed E-state index contributed by atoms with van der Waals surface area (Å²) in [5.41, 5.74) is 6.66. The highest BCUT2D eigenvalue weighted by Crippen LogP contribution is 2.26. The lowest BCUT2D eigenvalue weighted by Crippen LogP contribution is -2.53. The number of fused-ring (bicyclic) bond motifs is 1. The fraction of sp³-hybridized carbons (Fsp3) is 0.536. The Morgan fingerprint density at radius 3 is 2.31 bits per heavy atom. The Kier molecular flexibility index (Phi) is 7.64. The monoisotopic (exact) mass is 433 g/mol. The first-order valence-corrected chi connectivity index (χ1v) is 12.5. The lowest BCUT2D eigenvalue weighted by molar-refractivity contribution is -0.134. The van der Waals surface area contributed by atoms with E-state index in [1.165, 1.54) is 47.1 Å². The van der Waals surface area contributed by atoms with E-state index in [1.807, 2.05) is 0 Å². The molecule has 2 heterocycles. The Hall–Kier alpha value is -2.17. The van der Waals surface area contributed by atoms with Gasteiger partial charge in [0.2, 0.25) is 5.91 Å². The van der Waals surface area contributed by atoms with E-state index in [-0.39, 0.29) is 0 Å². The van der Waals surface area contributed by atoms with Crippen LogP contribution in [0.5, 0.6) is 0 Å². The summed E-state index contributed by atoms with van der Waals surface area (Å²) in [4.78, 5) is 20.0. The molecule has 1 fully saturated rings. The Bertz CT molecular complexity index is 899. The van der Waals surface area contributed by atoms with Gasteiger partial charge in [0.25, 0.3) is 0 Å². The Morgan fingerprint density at radius 2 is 1.62 bits per heavy atom. The number of rotatable bonds is 7. The van der Waals surface area contributed by atoms with Crippen molar-refractivity contribution >= 4 is 5.91 Å². The molecule has 0 spiro atoms. The van der Waals surface area contributed by atoms with Gasteiger partial charge in [-0.3, -0.25) is 14.6 Å². The first-order valence-electron chi connectivity index (χ1n) is 12.5. The van der Waals surface area contributed by atoms with Crippen LogP contribution in [0.3, 0.4) is 0 Å². The Labute approximate surface area is 194 Å². The van der Waals surface area contributed by atoms with Crippen LogP contribution in [-0.2, 0) is 17.8 Å². The van der Waals surface area contributed by atoms with E-state index in [0.29, 0.717) is 18.5 Å². The summed E-state index contributed by atoms with van der Waals surface area (Å²) in [5, 5.41) is 0. The number of nitrogens with zero attached hydrogens (tertiary/aromatic N) is 3. The maximum atomic E-state index is 13.0. The van der Waals surface area contributed by atoms with Crippen molar-refractivity contribution in [3.8, 4) is 11.1 Å². The molecule has 172 valence electrons. The summed E-state index contributed by atoms with van der Waals surface area (Å²) in [7, 11) is 0. The molecule has 4 nitrogen and oxygen atoms in total. The van der Waals surface area contributed by atoms with Gasteiger partial charge in [0.05, 0.1) is 6.54 Å². The highest BCUT2D eigenvalue weighted by atomic mass is 16.2. The van der Waals surface area contributed by atoms with Crippen LogP contribution in [0, 0.1) is 6.92 Å². The van der Waals surface area contributed by atoms with Crippen molar-refractivity contribution in [2.45, 2.75) is 59.0 Å². The summed E-state index contributed by atoms with van der Waals surface area (Å²) in [6.45, 7) is 12.9. The molecule has 0 aliphatic carbocycles. The molecular formula is C28H39N3O. The number of piperazine rings is 1. The van der Waals surface area contributed by atoms with E-state index >= 15 is 0 Å². The van der Waals surface area contributed by atoms with Gasteiger partial charge in [-0.15, -0.1) is 0 Å². The zero-order valence-corrected chi connectivity index (χ0v) is 20.1. The molecule has 4 rings (SSSR count). The fourth-order valence-electron chi connectivity index (χ4n) is 5.28. The summed E-state index contributed by atoms with van der Waals surface area (Å²) < 4.78 is 0. The fourth-order valence-corrected chi connectivity index (χ4v) is 5.28. The molecule has 2 aliphatic heterocycles. The summed E-state index contributed by atoms with van der Waals surface area (Å²) in [5.74, 6) is 0.299. The molecule has 0 saturated carbocycles. The van der Waals surface area contributed by atoms with Crippen LogP contribution in [0.2, 0.25) is 0 Å². The minimum atomic E-state index is 0.299. The molecule has 0 aromatic heterocycles. The smallest absolute Gasteiger partial charge is 0.236 e. The molecule has 1 saturated heterocycles. The van der Waals surface area contributed by atoms with E-state index in [2.05, 4.69) is 77.9 Å². The minimum Gasteiger partial charge on any atom is -0.339 e. The van der Waals surface area contributed by atoms with Gasteiger partial charge in [-0.05, 0) is 48.4 Å². The van der Waals surface area contributed by atoms with Gasteiger partial charge in [0.1, 0.15) is 0 Å². The van der Waals surface area contributed by atoms with Gasteiger partial charge in [0.15, 0.2) is 0 Å². The third-order valence-electron chi connectivity index (χ3n) is 7.32. The van der Waals surface area contributed by atoms with Crippen molar-refractivity contribution in [1.29, 1.82) is 0 Å². The first-order chi connectivity index (χ1) is 15.6. The van der Waals surface area contributed by atoms with E-state index in [1.54, 1.807) is 0 Å². The predicted octanol–water partition coefficient (Wildman–Crippen LogP) is 4.74. The normalized spacial score (nSPS) is 18.4. The second kappa shape index (κ2) is 10.6. The maximum Gasteiger partial charge on any atom is 0.236 e. The lowest BCUT2D eigenvalue weighted by atomic mass is 9.94. The molecule has 1 unspecified atom stereocenters. The Balaban J connectivity index is 1.31. The Morgan fingerprint density at radius 1 is 0.906 bits per heavy atom. The number of carbonyl (C=O) groups is 1. The number of amides is 1. The third-order valence-corrected chi connectivity index (χ3v) is 7.32. The van der Waals surface area contributed by atoms with Crippen molar-refractivity contribution in [2.75, 3.05) is 39.3 Å². The molecule has 1 amide bonds. The second-order valence-corrected chi connectivity index (χ2v) is 9.58. The van der Waals surface area contributed by atoms with E-state index in [4.69, 9.17) is 0 Å². The van der Waals surface area contributed by atoms with Gasteiger partial charge in [0, 0.05) is 45.3 Å². The van der Waals surface area contributed by atoms with E-state index in [0.717, 1.165) is 45.7 Å². The summed E-state index contributed by atoms with van der Waals surface area (Å²) in [6.07, 6.45) is 4.73. The number of hydrogen-bond donors (Lipinski definition) is 0. The molecule has 4 heteroatoms. The number of hydrogen-bond acceptors (Lipinski definition) is 3. The van der Waals surface area contributed by atoms with Gasteiger partial charge in [-0.2, -0.15) is 0 Å². The molecule has 2 aromatic rings. The van der Waals surface area contributed by atoms with Crippen molar-refractivity contribution in [3.05, 3.63) is 59.2 Å². The lowest BCUT2D eigenvalue weighted by Gasteiger charge is -2.40. The maximum absolute atomic E-state index is 13.0. The minimum absolute atomic E-state index is 0.299. The zero-order valence-electron chi connectivity index (χ0n) is 20.1. The molecule has 0 N–H and O–H groups in total. The van der Waals surface area contributed by atoms with Crippen molar-refractivity contribution < 1.29 is 4.79 Å². The van der Waals surface area contributed by atoms with Gasteiger partial charge < -0.3 is 4.90 Å². The topological polar surface area (TPSA) is 26.8 Å². The van der Waals surface area contributed by atoms with E-state index < -0.39 is 0 Å². The summed E-state index contributed by atoms with van der Waals surface area (Å²) >= 11 is 0. The standard InChI is InChI=1S/C28H39N3O/c1-4-6-27(5-2)30-15-17-31(18-16-30)28(32)21-29-14-13-25-19-24(11-12-26(25)20-29)23-9-7-22(3)8-10-23/h7-12,19,27H,4-6,13-18,20-21H2,1-3H3. The second-order valence-electron chi connectivity index (χ2n) is 9.58. The average molecular weight is 434 g/mol. The third kappa shape index (κ3) is 5.41. The van der Waals surface area contributed by atoms with Crippen molar-refractivity contribution in [3.63, 3.8) is 0 Å². The molecule has 1 atom stereocenters. The van der Waals surface area contributed by atoms with Crippen LogP contribution in [0.1, 0.15) is 49.8 Å². The predicted molar refractivity (Wildman–Crippen MR) is 133 cm³/mol. The van der Waals surface area contributed by atoms with Crippen molar-refractivity contribution in [1.82, 2.24) is 14.7 Å². The van der Waals surface area contributed by atoms with Gasteiger partial charge >= 0.3 is 0 Å². The number of aryl methyl sites for hydroxylation is 1. The SMILES string of the molecule is CCCC(CC)N1CCN(C(=O)CN2CCc3cc(-c4ccc(C)cc4)ccc3C2)CC1. The largest absolute Gasteiger partial charge is 0.339 e. The van der Waals surface area contributed by atoms with Crippen LogP contribution in [0.25, 0.3) is 11.1 Å². The molecule has 0 bridgehead atoms. The highest BCUT2D eigenvalue weighted by molar-refractivity contribution is 5.78. The summed E-state index contributed by atoms with van der Waals surface area (Å²) in [6, 6.07) is 16.3.